The smallest absolute Gasteiger partial charge is 0.163 e. The zero-order valence-corrected chi connectivity index (χ0v) is 19.5. The Morgan fingerprint density at radius 1 is 1.12 bits per heavy atom. The van der Waals surface area contributed by atoms with E-state index in [4.69, 9.17) is 21.7 Å². The average Bonchev–Trinajstić information content (AvgIpc) is 3.23. The Bertz CT molecular complexity index is 1290. The van der Waals surface area contributed by atoms with Crippen LogP contribution in [0.1, 0.15) is 44.9 Å². The van der Waals surface area contributed by atoms with Gasteiger partial charge in [0, 0.05) is 27.4 Å². The second kappa shape index (κ2) is 8.00. The molecule has 3 nitrogen and oxygen atoms in total. The first kappa shape index (κ1) is 21.1. The van der Waals surface area contributed by atoms with E-state index >= 15 is 0 Å². The lowest BCUT2D eigenvalue weighted by Crippen LogP contribution is -2.30. The molecule has 32 heavy (non-hydrogen) atoms. The van der Waals surface area contributed by atoms with Crippen LogP contribution in [0.2, 0.25) is 5.02 Å². The van der Waals surface area contributed by atoms with Crippen molar-refractivity contribution in [3.63, 3.8) is 0 Å². The van der Waals surface area contributed by atoms with Crippen molar-refractivity contribution in [2.24, 2.45) is 11.3 Å². The minimum atomic E-state index is -0.245. The topological polar surface area (TPSA) is 30.2 Å². The molecule has 0 aliphatic heterocycles. The monoisotopic (exact) mass is 447 g/mol. The van der Waals surface area contributed by atoms with Crippen LogP contribution in [-0.2, 0) is 12.8 Å². The highest BCUT2D eigenvalue weighted by Crippen LogP contribution is 2.43. The first-order valence-electron chi connectivity index (χ1n) is 11.3. The lowest BCUT2D eigenvalue weighted by atomic mass is 9.68. The fourth-order valence-corrected chi connectivity index (χ4v) is 5.01. The minimum absolute atomic E-state index is 0.241. The molecule has 0 saturated heterocycles. The number of hydrogen-bond donors (Lipinski definition) is 0. The molecule has 0 N–H and O–H groups in total. The molecular formula is C27H27ClFN3. The molecule has 4 aromatic rings. The second-order valence-corrected chi connectivity index (χ2v) is 9.91. The molecule has 0 amide bonds. The first-order valence-corrected chi connectivity index (χ1v) is 11.7. The molecule has 0 bridgehead atoms. The van der Waals surface area contributed by atoms with Gasteiger partial charge in [0.2, 0.25) is 0 Å². The van der Waals surface area contributed by atoms with E-state index in [1.54, 1.807) is 12.1 Å². The number of rotatable bonds is 4. The summed E-state index contributed by atoms with van der Waals surface area (Å²) in [5, 5.41) is 5.43. The van der Waals surface area contributed by atoms with Crippen LogP contribution < -0.4 is 0 Å². The molecule has 5 rings (SSSR count). The van der Waals surface area contributed by atoms with Gasteiger partial charge in [0.25, 0.3) is 0 Å². The van der Waals surface area contributed by atoms with Crippen molar-refractivity contribution in [1.29, 1.82) is 0 Å². The largest absolute Gasteiger partial charge is 0.228 e. The molecular weight excluding hydrogens is 421 g/mol. The van der Waals surface area contributed by atoms with Gasteiger partial charge in [-0.1, -0.05) is 63.1 Å². The maximum Gasteiger partial charge on any atom is 0.163 e. The van der Waals surface area contributed by atoms with Crippen LogP contribution in [0.3, 0.4) is 0 Å². The summed E-state index contributed by atoms with van der Waals surface area (Å²) in [6.45, 7) is 6.96. The molecule has 2 aromatic carbocycles. The summed E-state index contributed by atoms with van der Waals surface area (Å²) in [5.41, 5.74) is 7.11. The molecule has 0 saturated carbocycles. The summed E-state index contributed by atoms with van der Waals surface area (Å²) in [6, 6.07) is 14.5. The fourth-order valence-electron chi connectivity index (χ4n) is 4.88. The molecule has 1 atom stereocenters. The summed E-state index contributed by atoms with van der Waals surface area (Å²) in [5.74, 6) is 0.309. The van der Waals surface area contributed by atoms with Crippen LogP contribution in [0.5, 0.6) is 0 Å². The van der Waals surface area contributed by atoms with Crippen LogP contribution >= 0.6 is 11.6 Å². The van der Waals surface area contributed by atoms with E-state index in [-0.39, 0.29) is 11.2 Å². The number of benzene rings is 2. The predicted octanol–water partition coefficient (Wildman–Crippen LogP) is 7.40. The van der Waals surface area contributed by atoms with Gasteiger partial charge in [-0.25, -0.2) is 13.9 Å². The predicted molar refractivity (Wildman–Crippen MR) is 128 cm³/mol. The first-order chi connectivity index (χ1) is 15.4. The maximum absolute atomic E-state index is 14.2. The Labute approximate surface area is 193 Å². The van der Waals surface area contributed by atoms with Crippen molar-refractivity contribution in [3.05, 3.63) is 76.8 Å². The molecule has 1 aliphatic rings. The molecule has 0 radical (unpaired) electrons. The second-order valence-electron chi connectivity index (χ2n) is 9.48. The van der Waals surface area contributed by atoms with Crippen LogP contribution in [0.15, 0.2) is 54.7 Å². The number of fused-ring (bicyclic) bond motifs is 3. The van der Waals surface area contributed by atoms with Gasteiger partial charge in [-0.05, 0) is 60.4 Å². The van der Waals surface area contributed by atoms with E-state index in [1.165, 1.54) is 17.3 Å². The van der Waals surface area contributed by atoms with E-state index in [0.717, 1.165) is 53.7 Å². The highest BCUT2D eigenvalue weighted by atomic mass is 35.5. The lowest BCUT2D eigenvalue weighted by molar-refractivity contribution is 0.181. The van der Waals surface area contributed by atoms with Crippen LogP contribution in [0, 0.1) is 17.2 Å². The number of nitrogens with zero attached hydrogens (tertiary/aromatic N) is 3. The Kier molecular flexibility index (Phi) is 5.29. The highest BCUT2D eigenvalue weighted by molar-refractivity contribution is 6.30. The zero-order valence-electron chi connectivity index (χ0n) is 18.7. The van der Waals surface area contributed by atoms with Crippen LogP contribution in [0.4, 0.5) is 4.39 Å². The normalized spacial score (nSPS) is 16.3. The molecule has 0 spiro atoms. The summed E-state index contributed by atoms with van der Waals surface area (Å²) >= 11 is 6.10. The fraction of sp³-hybridized carbons (Fsp3) is 0.333. The molecule has 2 heterocycles. The van der Waals surface area contributed by atoms with Crippen LogP contribution in [-0.4, -0.2) is 14.6 Å². The third-order valence-electron chi connectivity index (χ3n) is 7.30. The molecule has 1 unspecified atom stereocenters. The highest BCUT2D eigenvalue weighted by Gasteiger charge is 2.34. The number of hydrogen-bond acceptors (Lipinski definition) is 2. The summed E-state index contributed by atoms with van der Waals surface area (Å²) in [6.07, 6.45) is 5.99. The number of aromatic nitrogens is 3. The summed E-state index contributed by atoms with van der Waals surface area (Å²) in [4.78, 5) is 5.10. The van der Waals surface area contributed by atoms with Gasteiger partial charge >= 0.3 is 0 Å². The molecule has 1 aliphatic carbocycles. The van der Waals surface area contributed by atoms with Gasteiger partial charge in [0.1, 0.15) is 5.82 Å². The van der Waals surface area contributed by atoms with Gasteiger partial charge in [0.05, 0.1) is 11.9 Å². The van der Waals surface area contributed by atoms with Crippen LogP contribution in [0.25, 0.3) is 28.0 Å². The van der Waals surface area contributed by atoms with E-state index in [0.29, 0.717) is 10.9 Å². The van der Waals surface area contributed by atoms with Crippen molar-refractivity contribution >= 4 is 17.2 Å². The SMILES string of the molecule is CCC(C)(C)C1CCc2c(c(-c3cccc(F)c3)nc3c(-c4ccc(Cl)cc4)cnn23)C1. The number of halogens is 2. The molecule has 5 heteroatoms. The van der Waals surface area contributed by atoms with Crippen molar-refractivity contribution in [2.75, 3.05) is 0 Å². The maximum atomic E-state index is 14.2. The standard InChI is InChI=1S/C27H27ClFN3/c1-4-27(2,3)19-10-13-24-22(15-19)25(18-6-5-7-21(29)14-18)31-26-23(16-30-32(24)26)17-8-11-20(28)12-9-17/h5-9,11-12,14,16,19H,4,10,13,15H2,1-3H3. The quantitative estimate of drug-likeness (QED) is 0.326. The van der Waals surface area contributed by atoms with Crippen molar-refractivity contribution in [3.8, 4) is 22.4 Å². The van der Waals surface area contributed by atoms with E-state index in [2.05, 4.69) is 20.8 Å². The average molecular weight is 448 g/mol. The number of aryl methyl sites for hydroxylation is 1. The van der Waals surface area contributed by atoms with Crippen molar-refractivity contribution in [1.82, 2.24) is 14.6 Å². The van der Waals surface area contributed by atoms with E-state index < -0.39 is 0 Å². The third-order valence-corrected chi connectivity index (χ3v) is 7.55. The minimum Gasteiger partial charge on any atom is -0.228 e. The summed E-state index contributed by atoms with van der Waals surface area (Å²) in [7, 11) is 0. The molecule has 0 fully saturated rings. The van der Waals surface area contributed by atoms with Crippen molar-refractivity contribution in [2.45, 2.75) is 46.5 Å². The van der Waals surface area contributed by atoms with Gasteiger partial charge in [-0.3, -0.25) is 0 Å². The Morgan fingerprint density at radius 3 is 2.62 bits per heavy atom. The molecule has 164 valence electrons. The van der Waals surface area contributed by atoms with E-state index in [9.17, 15) is 4.39 Å². The summed E-state index contributed by atoms with van der Waals surface area (Å²) < 4.78 is 16.2. The zero-order chi connectivity index (χ0) is 22.5. The van der Waals surface area contributed by atoms with Gasteiger partial charge in [0.15, 0.2) is 5.65 Å². The third kappa shape index (κ3) is 3.61. The van der Waals surface area contributed by atoms with Crippen molar-refractivity contribution < 1.29 is 4.39 Å². The van der Waals surface area contributed by atoms with Gasteiger partial charge in [-0.2, -0.15) is 5.10 Å². The Morgan fingerprint density at radius 2 is 1.91 bits per heavy atom. The Hall–Kier alpha value is -2.72. The van der Waals surface area contributed by atoms with E-state index in [1.807, 2.05) is 41.0 Å². The lowest BCUT2D eigenvalue weighted by Gasteiger charge is -2.37. The Balaban J connectivity index is 1.74. The molecule has 2 aromatic heterocycles. The van der Waals surface area contributed by atoms with Gasteiger partial charge < -0.3 is 0 Å². The van der Waals surface area contributed by atoms with Gasteiger partial charge in [-0.15, -0.1) is 0 Å².